The summed E-state index contributed by atoms with van der Waals surface area (Å²) in [6.45, 7) is 2.44. The molecule has 4 aliphatic rings. The third-order valence-corrected chi connectivity index (χ3v) is 14.5. The lowest BCUT2D eigenvalue weighted by atomic mass is 9.74. The standard InChI is InChI=1S/C53H44S/c1-33-31-36(50-39-23-10-8-21-37(39)48(34-17-4-2-5-18-34)38-22-9-11-24-40(38)50)32-47-45-29-16-30-46(53(45)54-52(33)47)51-43-27-14-12-25-41(43)49(35-19-6-3-7-20-35)42-26-13-15-28-44(42)51/h2,4-5,8-14,16-18,21-27,29-33,35,52H,3,6-7,15,19-20,28H2,1H3. The normalized spacial score (nSPS) is 19.4. The van der Waals surface area contributed by atoms with Gasteiger partial charge in [0.15, 0.2) is 0 Å². The van der Waals surface area contributed by atoms with Crippen molar-refractivity contribution in [3.05, 3.63) is 167 Å². The average Bonchev–Trinajstić information content (AvgIpc) is 3.62. The predicted molar refractivity (Wildman–Crippen MR) is 234 cm³/mol. The maximum Gasteiger partial charge on any atom is 0.0411 e. The maximum absolute atomic E-state index is 2.57. The Morgan fingerprint density at radius 3 is 1.89 bits per heavy atom. The summed E-state index contributed by atoms with van der Waals surface area (Å²) in [7, 11) is 0. The van der Waals surface area contributed by atoms with E-state index < -0.39 is 0 Å². The second-order valence-corrected chi connectivity index (χ2v) is 17.2. The van der Waals surface area contributed by atoms with Crippen molar-refractivity contribution in [1.82, 2.24) is 0 Å². The van der Waals surface area contributed by atoms with Crippen molar-refractivity contribution in [2.45, 2.75) is 67.9 Å². The van der Waals surface area contributed by atoms with Crippen molar-refractivity contribution in [2.75, 3.05) is 0 Å². The molecule has 0 radical (unpaired) electrons. The molecule has 54 heavy (non-hydrogen) atoms. The van der Waals surface area contributed by atoms with Crippen LogP contribution in [0.1, 0.15) is 79.2 Å². The van der Waals surface area contributed by atoms with Crippen LogP contribution in [0.3, 0.4) is 0 Å². The van der Waals surface area contributed by atoms with Gasteiger partial charge in [-0.25, -0.2) is 0 Å². The minimum atomic E-state index is 0.388. The van der Waals surface area contributed by atoms with E-state index in [4.69, 9.17) is 0 Å². The van der Waals surface area contributed by atoms with Crippen molar-refractivity contribution in [1.29, 1.82) is 0 Å². The summed E-state index contributed by atoms with van der Waals surface area (Å²) < 4.78 is 0. The molecule has 0 saturated heterocycles. The first kappa shape index (κ1) is 32.3. The van der Waals surface area contributed by atoms with Crippen molar-refractivity contribution < 1.29 is 0 Å². The first-order valence-corrected chi connectivity index (χ1v) is 21.1. The third kappa shape index (κ3) is 4.97. The first-order chi connectivity index (χ1) is 26.7. The van der Waals surface area contributed by atoms with Gasteiger partial charge in [0, 0.05) is 10.1 Å². The fraction of sp³-hybridized carbons (Fsp3) is 0.208. The van der Waals surface area contributed by atoms with Gasteiger partial charge in [-0.15, -0.1) is 11.8 Å². The highest BCUT2D eigenvalue weighted by atomic mass is 32.2. The van der Waals surface area contributed by atoms with Gasteiger partial charge in [0.1, 0.15) is 0 Å². The summed E-state index contributed by atoms with van der Waals surface area (Å²) in [6.07, 6.45) is 19.0. The molecule has 0 aromatic heterocycles. The number of hydrogen-bond acceptors (Lipinski definition) is 1. The molecule has 0 N–H and O–H groups in total. The van der Waals surface area contributed by atoms with Crippen LogP contribution in [0.2, 0.25) is 0 Å². The molecule has 1 aliphatic heterocycles. The molecule has 2 atom stereocenters. The largest absolute Gasteiger partial charge is 0.116 e. The highest BCUT2D eigenvalue weighted by Gasteiger charge is 2.37. The van der Waals surface area contributed by atoms with Crippen LogP contribution in [0.15, 0.2) is 144 Å². The van der Waals surface area contributed by atoms with Gasteiger partial charge < -0.3 is 0 Å². The van der Waals surface area contributed by atoms with E-state index in [-0.39, 0.29) is 0 Å². The Morgan fingerprint density at radius 2 is 1.19 bits per heavy atom. The van der Waals surface area contributed by atoms with E-state index in [2.05, 4.69) is 164 Å². The zero-order chi connectivity index (χ0) is 35.8. The number of thioether (sulfide) groups is 1. The van der Waals surface area contributed by atoms with Crippen molar-refractivity contribution in [3.63, 3.8) is 0 Å². The van der Waals surface area contributed by atoms with E-state index in [1.165, 1.54) is 119 Å². The summed E-state index contributed by atoms with van der Waals surface area (Å²) in [4.78, 5) is 1.47. The number of rotatable bonds is 4. The molecule has 1 heteroatoms. The van der Waals surface area contributed by atoms with E-state index in [0.29, 0.717) is 17.1 Å². The van der Waals surface area contributed by atoms with E-state index in [0.717, 1.165) is 12.8 Å². The van der Waals surface area contributed by atoms with Gasteiger partial charge in [-0.05, 0) is 137 Å². The Kier molecular flexibility index (Phi) is 7.80. The Bertz CT molecular complexity index is 2680. The zero-order valence-corrected chi connectivity index (χ0v) is 31.8. The van der Waals surface area contributed by atoms with Crippen LogP contribution in [0, 0.1) is 5.92 Å². The third-order valence-electron chi connectivity index (χ3n) is 12.9. The summed E-state index contributed by atoms with van der Waals surface area (Å²) in [5.74, 6) is 1.05. The number of hydrogen-bond donors (Lipinski definition) is 0. The molecule has 0 nitrogen and oxygen atoms in total. The minimum absolute atomic E-state index is 0.388. The van der Waals surface area contributed by atoms with Gasteiger partial charge in [-0.3, -0.25) is 0 Å². The van der Waals surface area contributed by atoms with Crippen LogP contribution < -0.4 is 0 Å². The lowest BCUT2D eigenvalue weighted by Gasteiger charge is -2.30. The fourth-order valence-corrected chi connectivity index (χ4v) is 12.1. The molecule has 11 rings (SSSR count). The molecule has 0 spiro atoms. The maximum atomic E-state index is 2.57. The fourth-order valence-electron chi connectivity index (χ4n) is 10.6. The van der Waals surface area contributed by atoms with Crippen LogP contribution >= 0.6 is 11.8 Å². The van der Waals surface area contributed by atoms with Crippen LogP contribution in [-0.2, 0) is 6.42 Å². The lowest BCUT2D eigenvalue weighted by molar-refractivity contribution is 0.445. The Morgan fingerprint density at radius 1 is 0.574 bits per heavy atom. The monoisotopic (exact) mass is 712 g/mol. The van der Waals surface area contributed by atoms with Crippen LogP contribution in [0.5, 0.6) is 0 Å². The molecule has 0 bridgehead atoms. The van der Waals surface area contributed by atoms with Crippen LogP contribution in [0.4, 0.5) is 0 Å². The molecule has 7 aromatic rings. The molecule has 3 aliphatic carbocycles. The van der Waals surface area contributed by atoms with Gasteiger partial charge in [-0.1, -0.05) is 166 Å². The first-order valence-electron chi connectivity index (χ1n) is 20.2. The van der Waals surface area contributed by atoms with Crippen LogP contribution in [-0.4, -0.2) is 5.25 Å². The van der Waals surface area contributed by atoms with Gasteiger partial charge >= 0.3 is 0 Å². The van der Waals surface area contributed by atoms with Crippen molar-refractivity contribution in [2.24, 2.45) is 5.92 Å². The molecule has 1 heterocycles. The Balaban J connectivity index is 1.11. The van der Waals surface area contributed by atoms with E-state index in [9.17, 15) is 0 Å². The number of fused-ring (bicyclic) bond motifs is 7. The lowest BCUT2D eigenvalue weighted by Crippen LogP contribution is -2.14. The van der Waals surface area contributed by atoms with Gasteiger partial charge in [0.05, 0.1) is 0 Å². The van der Waals surface area contributed by atoms with E-state index in [1.807, 2.05) is 0 Å². The smallest absolute Gasteiger partial charge is 0.0411 e. The topological polar surface area (TPSA) is 0 Å². The summed E-state index contributed by atoms with van der Waals surface area (Å²) in [5.41, 5.74) is 15.9. The van der Waals surface area contributed by atoms with E-state index in [1.54, 1.807) is 11.1 Å². The Hall–Kier alpha value is -5.11. The zero-order valence-electron chi connectivity index (χ0n) is 30.9. The molecule has 0 amide bonds. The summed E-state index contributed by atoms with van der Waals surface area (Å²) in [6, 6.07) is 45.7. The van der Waals surface area contributed by atoms with Crippen molar-refractivity contribution in [3.8, 4) is 22.3 Å². The SMILES string of the molecule is CC1C=C(c2c3ccccc3c(-c3ccccc3)c3ccccc23)C=C2c3cccc(-c4c5c(c(C6CCCCC6)c6ccccc46)C=CCC5)c3SC21. The molecule has 1 saturated carbocycles. The molecular weight excluding hydrogens is 669 g/mol. The quantitative estimate of drug-likeness (QED) is 0.164. The molecule has 2 unspecified atom stereocenters. The number of benzene rings is 7. The van der Waals surface area contributed by atoms with Crippen molar-refractivity contribution >= 4 is 61.3 Å². The Labute approximate surface area is 323 Å². The molecule has 1 fully saturated rings. The highest BCUT2D eigenvalue weighted by molar-refractivity contribution is 8.01. The molecule has 262 valence electrons. The molecule has 7 aromatic carbocycles. The minimum Gasteiger partial charge on any atom is -0.116 e. The van der Waals surface area contributed by atoms with Gasteiger partial charge in [0.25, 0.3) is 0 Å². The second kappa shape index (κ2) is 13.0. The van der Waals surface area contributed by atoms with Crippen LogP contribution in [0.25, 0.3) is 71.8 Å². The second-order valence-electron chi connectivity index (χ2n) is 16.0. The number of allylic oxidation sites excluding steroid dienone is 4. The summed E-state index contributed by atoms with van der Waals surface area (Å²) in [5, 5.41) is 8.62. The predicted octanol–water partition coefficient (Wildman–Crippen LogP) is 15.1. The van der Waals surface area contributed by atoms with E-state index >= 15 is 0 Å². The average molecular weight is 713 g/mol. The summed E-state index contributed by atoms with van der Waals surface area (Å²) >= 11 is 2.11. The van der Waals surface area contributed by atoms with Gasteiger partial charge in [0.2, 0.25) is 0 Å². The van der Waals surface area contributed by atoms with Gasteiger partial charge in [-0.2, -0.15) is 0 Å². The highest BCUT2D eigenvalue weighted by Crippen LogP contribution is 2.57. The molecular formula is C53H44S.